The minimum atomic E-state index is -0.261. The van der Waals surface area contributed by atoms with Crippen molar-refractivity contribution in [2.24, 2.45) is 14.1 Å². The number of unbranched alkanes of at least 4 members (excludes halogenated alkanes) is 1. The minimum absolute atomic E-state index is 0.251. The number of rotatable bonds is 11. The van der Waals surface area contributed by atoms with Gasteiger partial charge in [-0.05, 0) is 55.7 Å². The maximum Gasteiger partial charge on any atom is 0.272 e. The van der Waals surface area contributed by atoms with Crippen LogP contribution in [0.2, 0.25) is 0 Å². The van der Waals surface area contributed by atoms with Gasteiger partial charge in [-0.3, -0.25) is 9.59 Å². The highest BCUT2D eigenvalue weighted by Gasteiger charge is 2.16. The van der Waals surface area contributed by atoms with Crippen LogP contribution in [0.1, 0.15) is 52.0 Å². The number of carbonyl (C=O) groups is 2. The lowest BCUT2D eigenvalue weighted by Crippen LogP contribution is -2.14. The second kappa shape index (κ2) is 11.6. The second-order valence-electron chi connectivity index (χ2n) is 9.15. The zero-order valence-electron chi connectivity index (χ0n) is 21.8. The summed E-state index contributed by atoms with van der Waals surface area (Å²) in [5.74, 6) is 0.167. The van der Waals surface area contributed by atoms with E-state index in [1.165, 1.54) is 0 Å². The van der Waals surface area contributed by atoms with Gasteiger partial charge in [-0.15, -0.1) is 0 Å². The smallest absolute Gasteiger partial charge is 0.272 e. The summed E-state index contributed by atoms with van der Waals surface area (Å²) in [5.41, 5.74) is 4.38. The Bertz CT molecular complexity index is 1360. The van der Waals surface area contributed by atoms with Crippen molar-refractivity contribution in [2.75, 3.05) is 17.7 Å². The standard InChI is InChI=1S/C28H34N6O3/c1-5-6-13-34-18-21(29-19-34)9-10-24-14-22(16-32(24)2)31-28(36)26-15-23(17-33(26)3)30-27(35)20-7-11-25(37-4)12-8-20/h7-8,11-12,14-19H,5-6,9-10,13H2,1-4H3,(H,30,35)(H,31,36). The molecule has 0 saturated heterocycles. The Hall–Kier alpha value is -4.27. The van der Waals surface area contributed by atoms with E-state index in [0.717, 1.165) is 49.3 Å². The first kappa shape index (κ1) is 25.8. The average molecular weight is 503 g/mol. The second-order valence-corrected chi connectivity index (χ2v) is 9.15. The van der Waals surface area contributed by atoms with E-state index in [2.05, 4.69) is 33.3 Å². The molecule has 0 unspecified atom stereocenters. The normalized spacial score (nSPS) is 10.9. The summed E-state index contributed by atoms with van der Waals surface area (Å²) in [4.78, 5) is 30.1. The Morgan fingerprint density at radius 1 is 0.919 bits per heavy atom. The van der Waals surface area contributed by atoms with Gasteiger partial charge in [-0.1, -0.05) is 13.3 Å². The van der Waals surface area contributed by atoms with Crippen molar-refractivity contribution in [3.8, 4) is 5.75 Å². The lowest BCUT2D eigenvalue weighted by molar-refractivity contribution is 0.101. The molecule has 0 aliphatic carbocycles. The van der Waals surface area contributed by atoms with Crippen LogP contribution in [0.3, 0.4) is 0 Å². The van der Waals surface area contributed by atoms with Gasteiger partial charge in [0.25, 0.3) is 11.8 Å². The number of nitrogens with zero attached hydrogens (tertiary/aromatic N) is 4. The van der Waals surface area contributed by atoms with Crippen molar-refractivity contribution in [1.82, 2.24) is 18.7 Å². The number of ether oxygens (including phenoxy) is 1. The van der Waals surface area contributed by atoms with Crippen LogP contribution < -0.4 is 15.4 Å². The average Bonchev–Trinajstić information content (AvgIpc) is 3.59. The van der Waals surface area contributed by atoms with E-state index >= 15 is 0 Å². The number of nitrogens with one attached hydrogen (secondary N) is 2. The summed E-state index contributed by atoms with van der Waals surface area (Å²) < 4.78 is 11.0. The van der Waals surface area contributed by atoms with Crippen LogP contribution in [0, 0.1) is 0 Å². The highest BCUT2D eigenvalue weighted by atomic mass is 16.5. The number of aryl methyl sites for hydroxylation is 5. The molecule has 3 aromatic heterocycles. The first-order chi connectivity index (χ1) is 17.9. The van der Waals surface area contributed by atoms with Crippen molar-refractivity contribution in [1.29, 1.82) is 0 Å². The summed E-state index contributed by atoms with van der Waals surface area (Å²) in [7, 11) is 5.32. The van der Waals surface area contributed by atoms with E-state index in [9.17, 15) is 9.59 Å². The molecule has 0 radical (unpaired) electrons. The van der Waals surface area contributed by atoms with Crippen molar-refractivity contribution < 1.29 is 14.3 Å². The lowest BCUT2D eigenvalue weighted by Gasteiger charge is -2.04. The monoisotopic (exact) mass is 502 g/mol. The van der Waals surface area contributed by atoms with Crippen LogP contribution in [0.4, 0.5) is 11.4 Å². The van der Waals surface area contributed by atoms with Crippen molar-refractivity contribution in [2.45, 2.75) is 39.2 Å². The topological polar surface area (TPSA) is 95.1 Å². The van der Waals surface area contributed by atoms with Crippen LogP contribution in [-0.4, -0.2) is 37.6 Å². The molecular formula is C28H34N6O3. The molecule has 0 atom stereocenters. The molecule has 9 nitrogen and oxygen atoms in total. The summed E-state index contributed by atoms with van der Waals surface area (Å²) in [5, 5.41) is 5.81. The quantitative estimate of drug-likeness (QED) is 0.312. The van der Waals surface area contributed by atoms with Gasteiger partial charge in [0.05, 0.1) is 30.5 Å². The molecule has 0 saturated carbocycles. The number of methoxy groups -OCH3 is 1. The number of benzene rings is 1. The van der Waals surface area contributed by atoms with Crippen LogP contribution in [0.15, 0.2) is 61.3 Å². The van der Waals surface area contributed by atoms with E-state index < -0.39 is 0 Å². The number of amides is 2. The number of hydrogen-bond acceptors (Lipinski definition) is 4. The van der Waals surface area contributed by atoms with Crippen LogP contribution in [0.5, 0.6) is 5.75 Å². The van der Waals surface area contributed by atoms with Gasteiger partial charge >= 0.3 is 0 Å². The fourth-order valence-electron chi connectivity index (χ4n) is 4.18. The first-order valence-electron chi connectivity index (χ1n) is 12.4. The van der Waals surface area contributed by atoms with Crippen molar-refractivity contribution in [3.63, 3.8) is 0 Å². The van der Waals surface area contributed by atoms with Gasteiger partial charge in [-0.25, -0.2) is 4.98 Å². The number of carbonyl (C=O) groups excluding carboxylic acids is 2. The molecule has 4 rings (SSSR count). The van der Waals surface area contributed by atoms with Gasteiger partial charge in [0.15, 0.2) is 0 Å². The Morgan fingerprint density at radius 2 is 1.62 bits per heavy atom. The van der Waals surface area contributed by atoms with Crippen molar-refractivity contribution >= 4 is 23.2 Å². The predicted molar refractivity (Wildman–Crippen MR) is 144 cm³/mol. The molecule has 37 heavy (non-hydrogen) atoms. The first-order valence-corrected chi connectivity index (χ1v) is 12.4. The van der Waals surface area contributed by atoms with Gasteiger partial charge in [0, 0.05) is 50.5 Å². The van der Waals surface area contributed by atoms with Gasteiger partial charge in [-0.2, -0.15) is 0 Å². The lowest BCUT2D eigenvalue weighted by atomic mass is 10.2. The van der Waals surface area contributed by atoms with Gasteiger partial charge in [0.2, 0.25) is 0 Å². The Morgan fingerprint density at radius 3 is 2.35 bits per heavy atom. The fraction of sp³-hybridized carbons (Fsp3) is 0.321. The van der Waals surface area contributed by atoms with Gasteiger partial charge in [0.1, 0.15) is 11.4 Å². The number of aromatic nitrogens is 4. The molecule has 1 aromatic carbocycles. The molecule has 0 aliphatic heterocycles. The van der Waals surface area contributed by atoms with E-state index in [1.807, 2.05) is 30.2 Å². The summed E-state index contributed by atoms with van der Waals surface area (Å²) in [6.07, 6.45) is 11.6. The number of anilines is 2. The molecule has 0 bridgehead atoms. The largest absolute Gasteiger partial charge is 0.497 e. The van der Waals surface area contributed by atoms with E-state index in [0.29, 0.717) is 22.7 Å². The Balaban J connectivity index is 1.35. The van der Waals surface area contributed by atoms with Gasteiger partial charge < -0.3 is 29.1 Å². The summed E-state index contributed by atoms with van der Waals surface area (Å²) in [6.45, 7) is 3.18. The van der Waals surface area contributed by atoms with E-state index in [-0.39, 0.29) is 11.8 Å². The summed E-state index contributed by atoms with van der Waals surface area (Å²) in [6, 6.07) is 10.5. The maximum atomic E-state index is 13.0. The molecule has 0 spiro atoms. The molecule has 3 heterocycles. The van der Waals surface area contributed by atoms with Crippen LogP contribution >= 0.6 is 0 Å². The number of hydrogen-bond donors (Lipinski definition) is 2. The Kier molecular flexibility index (Phi) is 8.12. The molecule has 194 valence electrons. The fourth-order valence-corrected chi connectivity index (χ4v) is 4.18. The third kappa shape index (κ3) is 6.49. The molecule has 0 aliphatic rings. The predicted octanol–water partition coefficient (Wildman–Crippen LogP) is 4.66. The minimum Gasteiger partial charge on any atom is -0.497 e. The molecular weight excluding hydrogens is 468 g/mol. The molecule has 0 fully saturated rings. The van der Waals surface area contributed by atoms with Crippen molar-refractivity contribution in [3.05, 3.63) is 84.0 Å². The van der Waals surface area contributed by atoms with E-state index in [1.54, 1.807) is 55.3 Å². The highest BCUT2D eigenvalue weighted by molar-refractivity contribution is 6.07. The SMILES string of the molecule is CCCCn1cnc(CCc2cc(NC(=O)c3cc(NC(=O)c4ccc(OC)cc4)cn3C)cn2C)c1. The third-order valence-corrected chi connectivity index (χ3v) is 6.31. The highest BCUT2D eigenvalue weighted by Crippen LogP contribution is 2.19. The molecule has 2 amide bonds. The van der Waals surface area contributed by atoms with E-state index in [4.69, 9.17) is 4.74 Å². The molecule has 9 heteroatoms. The molecule has 2 N–H and O–H groups in total. The molecule has 4 aromatic rings. The summed E-state index contributed by atoms with van der Waals surface area (Å²) >= 11 is 0. The van der Waals surface area contributed by atoms with Crippen LogP contribution in [-0.2, 0) is 33.5 Å². The maximum absolute atomic E-state index is 13.0. The Labute approximate surface area is 217 Å². The zero-order valence-corrected chi connectivity index (χ0v) is 21.8. The third-order valence-electron chi connectivity index (χ3n) is 6.31. The van der Waals surface area contributed by atoms with Crippen LogP contribution in [0.25, 0.3) is 0 Å². The number of imidazole rings is 1. The zero-order chi connectivity index (χ0) is 26.4.